The second-order valence-electron chi connectivity index (χ2n) is 7.95. The number of aromatic nitrogens is 1. The maximum atomic E-state index is 12.5. The highest BCUT2D eigenvalue weighted by Crippen LogP contribution is 2.26. The summed E-state index contributed by atoms with van der Waals surface area (Å²) in [7, 11) is 0. The summed E-state index contributed by atoms with van der Waals surface area (Å²) < 4.78 is 5.42. The quantitative estimate of drug-likeness (QED) is 0.623. The fourth-order valence-electron chi connectivity index (χ4n) is 4.00. The molecule has 1 aromatic carbocycles. The molecule has 1 saturated heterocycles. The molecule has 0 aliphatic carbocycles. The van der Waals surface area contributed by atoms with Crippen molar-refractivity contribution < 1.29 is 9.53 Å². The van der Waals surface area contributed by atoms with Crippen molar-refractivity contribution in [2.24, 2.45) is 0 Å². The lowest BCUT2D eigenvalue weighted by molar-refractivity contribution is 0.0378. The van der Waals surface area contributed by atoms with Gasteiger partial charge < -0.3 is 9.64 Å². The van der Waals surface area contributed by atoms with Gasteiger partial charge in [0, 0.05) is 31.9 Å². The van der Waals surface area contributed by atoms with Crippen LogP contribution in [-0.2, 0) is 17.7 Å². The van der Waals surface area contributed by atoms with Gasteiger partial charge in [0.05, 0.1) is 6.10 Å². The monoisotopic (exact) mass is 395 g/mol. The average Bonchev–Trinajstić information content (AvgIpc) is 3.21. The molecular weight excluding hydrogens is 362 g/mol. The number of benzene rings is 1. The molecule has 1 fully saturated rings. The third-order valence-corrected chi connectivity index (χ3v) is 5.52. The fourth-order valence-corrected chi connectivity index (χ4v) is 4.00. The first-order valence-electron chi connectivity index (χ1n) is 10.7. The van der Waals surface area contributed by atoms with E-state index in [4.69, 9.17) is 4.74 Å². The smallest absolute Gasteiger partial charge is 0.342 e. The van der Waals surface area contributed by atoms with Gasteiger partial charge in [0.25, 0.3) is 0 Å². The maximum absolute atomic E-state index is 12.5. The zero-order chi connectivity index (χ0) is 20.8. The zero-order valence-electron chi connectivity index (χ0n) is 18.1. The highest BCUT2D eigenvalue weighted by atomic mass is 16.5. The fraction of sp³-hybridized carbons (Fsp3) is 0.500. The summed E-state index contributed by atoms with van der Waals surface area (Å²) in [5.41, 5.74) is 3.30. The number of pyridine rings is 1. The molecule has 0 radical (unpaired) electrons. The molecule has 156 valence electrons. The molecule has 5 heteroatoms. The Labute approximate surface area is 174 Å². The van der Waals surface area contributed by atoms with Crippen molar-refractivity contribution in [2.75, 3.05) is 24.5 Å². The first-order chi connectivity index (χ1) is 14.0. The van der Waals surface area contributed by atoms with Crippen LogP contribution in [0.5, 0.6) is 0 Å². The van der Waals surface area contributed by atoms with Gasteiger partial charge >= 0.3 is 5.97 Å². The zero-order valence-corrected chi connectivity index (χ0v) is 18.1. The minimum Gasteiger partial charge on any atom is -0.459 e. The Hall–Kier alpha value is -2.40. The topological polar surface area (TPSA) is 45.7 Å². The number of carbonyl (C=O) groups is 1. The van der Waals surface area contributed by atoms with Gasteiger partial charge in [-0.1, -0.05) is 38.1 Å². The molecule has 1 aliphatic heterocycles. The van der Waals surface area contributed by atoms with Gasteiger partial charge in [-0.05, 0) is 56.5 Å². The Morgan fingerprint density at radius 2 is 2.03 bits per heavy atom. The van der Waals surface area contributed by atoms with Crippen LogP contribution < -0.4 is 4.90 Å². The lowest BCUT2D eigenvalue weighted by Gasteiger charge is -2.28. The Morgan fingerprint density at radius 3 is 2.76 bits per heavy atom. The van der Waals surface area contributed by atoms with Crippen LogP contribution in [0.25, 0.3) is 0 Å². The van der Waals surface area contributed by atoms with E-state index < -0.39 is 0 Å². The van der Waals surface area contributed by atoms with E-state index in [2.05, 4.69) is 52.9 Å². The number of hydrogen-bond donors (Lipinski definition) is 0. The number of rotatable bonds is 8. The van der Waals surface area contributed by atoms with E-state index in [1.807, 2.05) is 19.9 Å². The van der Waals surface area contributed by atoms with E-state index in [1.165, 1.54) is 11.1 Å². The predicted octanol–water partition coefficient (Wildman–Crippen LogP) is 4.31. The number of hydrogen-bond acceptors (Lipinski definition) is 5. The third-order valence-electron chi connectivity index (χ3n) is 5.52. The molecule has 0 amide bonds. The van der Waals surface area contributed by atoms with Crippen molar-refractivity contribution >= 4 is 11.8 Å². The molecule has 0 saturated carbocycles. The van der Waals surface area contributed by atoms with E-state index in [9.17, 15) is 4.79 Å². The molecule has 2 aromatic rings. The molecule has 1 aromatic heterocycles. The van der Waals surface area contributed by atoms with Gasteiger partial charge in [-0.3, -0.25) is 4.90 Å². The van der Waals surface area contributed by atoms with E-state index in [1.54, 1.807) is 12.3 Å². The average molecular weight is 396 g/mol. The van der Waals surface area contributed by atoms with Gasteiger partial charge in [0.15, 0.2) is 0 Å². The van der Waals surface area contributed by atoms with Crippen molar-refractivity contribution in [3.05, 3.63) is 59.3 Å². The van der Waals surface area contributed by atoms with E-state index in [0.717, 1.165) is 44.8 Å². The molecule has 1 atom stereocenters. The summed E-state index contributed by atoms with van der Waals surface area (Å²) in [5, 5.41) is 0. The standard InChI is InChI=1S/C24H33N3O2/c1-5-19-9-7-10-20(15-19)16-26(6-2)21-12-14-27(17-21)23-22(11-8-13-25-23)24(28)29-18(3)4/h7-11,13,15,18,21H,5-6,12,14,16-17H2,1-4H3/t21-/m0/s1. The summed E-state index contributed by atoms with van der Waals surface area (Å²) in [6.07, 6.45) is 3.74. The number of aryl methyl sites for hydroxylation is 1. The summed E-state index contributed by atoms with van der Waals surface area (Å²) in [5.74, 6) is 0.444. The van der Waals surface area contributed by atoms with Gasteiger partial charge in [0.1, 0.15) is 11.4 Å². The number of likely N-dealkylation sites (N-methyl/N-ethyl adjacent to an activating group) is 1. The first-order valence-corrected chi connectivity index (χ1v) is 10.7. The first kappa shape index (κ1) is 21.3. The molecule has 0 bridgehead atoms. The Balaban J connectivity index is 1.71. The Kier molecular flexibility index (Phi) is 7.26. The highest BCUT2D eigenvalue weighted by Gasteiger charge is 2.30. The highest BCUT2D eigenvalue weighted by molar-refractivity contribution is 5.94. The van der Waals surface area contributed by atoms with E-state index in [-0.39, 0.29) is 12.1 Å². The van der Waals surface area contributed by atoms with Crippen molar-refractivity contribution in [1.29, 1.82) is 0 Å². The number of esters is 1. The number of carbonyl (C=O) groups excluding carboxylic acids is 1. The number of ether oxygens (including phenoxy) is 1. The van der Waals surface area contributed by atoms with Crippen LogP contribution in [0, 0.1) is 0 Å². The molecule has 2 heterocycles. The molecule has 29 heavy (non-hydrogen) atoms. The van der Waals surface area contributed by atoms with Crippen molar-refractivity contribution in [3.8, 4) is 0 Å². The molecule has 3 rings (SSSR count). The minimum absolute atomic E-state index is 0.142. The predicted molar refractivity (Wildman–Crippen MR) is 117 cm³/mol. The van der Waals surface area contributed by atoms with Crippen molar-refractivity contribution in [3.63, 3.8) is 0 Å². The molecule has 0 spiro atoms. The molecule has 1 aliphatic rings. The molecule has 5 nitrogen and oxygen atoms in total. The second kappa shape index (κ2) is 9.88. The van der Waals surface area contributed by atoms with Crippen LogP contribution in [0.4, 0.5) is 5.82 Å². The van der Waals surface area contributed by atoms with Crippen LogP contribution in [0.15, 0.2) is 42.6 Å². The van der Waals surface area contributed by atoms with Crippen LogP contribution in [0.3, 0.4) is 0 Å². The summed E-state index contributed by atoms with van der Waals surface area (Å²) in [6, 6.07) is 12.9. The SMILES string of the molecule is CCc1cccc(CN(CC)[C@H]2CCN(c3ncccc3C(=O)OC(C)C)C2)c1. The number of nitrogens with zero attached hydrogens (tertiary/aromatic N) is 3. The third kappa shape index (κ3) is 5.36. The molecule has 0 N–H and O–H groups in total. The summed E-state index contributed by atoms with van der Waals surface area (Å²) >= 11 is 0. The van der Waals surface area contributed by atoms with Gasteiger partial charge in [-0.25, -0.2) is 9.78 Å². The lowest BCUT2D eigenvalue weighted by Crippen LogP contribution is -2.37. The molecule has 0 unspecified atom stereocenters. The van der Waals surface area contributed by atoms with Gasteiger partial charge in [-0.2, -0.15) is 0 Å². The van der Waals surface area contributed by atoms with E-state index in [0.29, 0.717) is 11.6 Å². The number of anilines is 1. The van der Waals surface area contributed by atoms with Crippen LogP contribution in [-0.4, -0.2) is 47.6 Å². The van der Waals surface area contributed by atoms with E-state index >= 15 is 0 Å². The van der Waals surface area contributed by atoms with Gasteiger partial charge in [0.2, 0.25) is 0 Å². The van der Waals surface area contributed by atoms with Crippen molar-refractivity contribution in [2.45, 2.75) is 59.2 Å². The van der Waals surface area contributed by atoms with Gasteiger partial charge in [-0.15, -0.1) is 0 Å². The minimum atomic E-state index is -0.296. The molecular formula is C24H33N3O2. The lowest BCUT2D eigenvalue weighted by atomic mass is 10.1. The maximum Gasteiger partial charge on any atom is 0.342 e. The summed E-state index contributed by atoms with van der Waals surface area (Å²) in [6.45, 7) is 11.9. The van der Waals surface area contributed by atoms with Crippen molar-refractivity contribution in [1.82, 2.24) is 9.88 Å². The Morgan fingerprint density at radius 1 is 1.24 bits per heavy atom. The normalized spacial score (nSPS) is 16.6. The second-order valence-corrected chi connectivity index (χ2v) is 7.95. The van der Waals surface area contributed by atoms with Crippen LogP contribution in [0.2, 0.25) is 0 Å². The largest absolute Gasteiger partial charge is 0.459 e. The Bertz CT molecular complexity index is 821. The van der Waals surface area contributed by atoms with Crippen LogP contribution >= 0.6 is 0 Å². The van der Waals surface area contributed by atoms with Crippen LogP contribution in [0.1, 0.15) is 55.6 Å². The summed E-state index contributed by atoms with van der Waals surface area (Å²) in [4.78, 5) is 21.8.